The van der Waals surface area contributed by atoms with Crippen LogP contribution >= 0.6 is 0 Å². The summed E-state index contributed by atoms with van der Waals surface area (Å²) in [5.74, 6) is 1.23. The van der Waals surface area contributed by atoms with E-state index in [1.165, 1.54) is 0 Å². The number of nitrogens with one attached hydrogen (secondary N) is 1. The first-order valence-corrected chi connectivity index (χ1v) is 7.31. The molecule has 1 aliphatic carbocycles. The van der Waals surface area contributed by atoms with E-state index in [-0.39, 0.29) is 11.5 Å². The van der Waals surface area contributed by atoms with Crippen molar-refractivity contribution in [2.45, 2.75) is 59.3 Å². The summed E-state index contributed by atoms with van der Waals surface area (Å²) in [7, 11) is 0. The predicted molar refractivity (Wildman–Crippen MR) is 79.0 cm³/mol. The third-order valence-electron chi connectivity index (χ3n) is 3.84. The molecule has 0 spiro atoms. The monoisotopic (exact) mass is 279 g/mol. The van der Waals surface area contributed by atoms with Crippen molar-refractivity contribution in [2.75, 3.05) is 11.9 Å². The summed E-state index contributed by atoms with van der Waals surface area (Å²) in [4.78, 5) is 8.65. The van der Waals surface area contributed by atoms with E-state index in [1.54, 1.807) is 12.3 Å². The summed E-state index contributed by atoms with van der Waals surface area (Å²) in [5.41, 5.74) is 0.0915. The van der Waals surface area contributed by atoms with Gasteiger partial charge in [-0.25, -0.2) is 4.98 Å². The Kier molecular flexibility index (Phi) is 4.48. The fourth-order valence-corrected chi connectivity index (χ4v) is 2.49. The molecule has 1 aromatic heterocycles. The largest absolute Gasteiger partial charge is 0.475 e. The number of aromatic nitrogens is 2. The van der Waals surface area contributed by atoms with E-state index < -0.39 is 0 Å². The lowest BCUT2D eigenvalue weighted by molar-refractivity contribution is -0.0977. The van der Waals surface area contributed by atoms with Crippen molar-refractivity contribution < 1.29 is 9.47 Å². The number of nitrogens with zero attached hydrogens (tertiary/aromatic N) is 2. The molecule has 1 aliphatic rings. The van der Waals surface area contributed by atoms with Gasteiger partial charge in [0.1, 0.15) is 0 Å². The Labute approximate surface area is 121 Å². The van der Waals surface area contributed by atoms with Crippen LogP contribution in [0.25, 0.3) is 0 Å². The minimum absolute atomic E-state index is 0.0915. The Hall–Kier alpha value is -1.36. The van der Waals surface area contributed by atoms with Crippen LogP contribution in [0.1, 0.15) is 41.0 Å². The molecule has 1 aromatic rings. The minimum atomic E-state index is 0.0915. The predicted octanol–water partition coefficient (Wildman–Crippen LogP) is 2.88. The van der Waals surface area contributed by atoms with Gasteiger partial charge in [-0.3, -0.25) is 0 Å². The van der Waals surface area contributed by atoms with Gasteiger partial charge >= 0.3 is 0 Å². The standard InChI is InChI=1S/C15H25N3O2/c1-6-19-12-9-11(15(12,4)5)17-14-16-8-7-13(18-14)20-10(2)3/h7-8,10-12H,6,9H2,1-5H3,(H,16,17,18). The summed E-state index contributed by atoms with van der Waals surface area (Å²) in [5, 5.41) is 3.39. The molecule has 1 N–H and O–H groups in total. The van der Waals surface area contributed by atoms with Crippen LogP contribution in [0.3, 0.4) is 0 Å². The number of ether oxygens (including phenoxy) is 2. The number of hydrogen-bond donors (Lipinski definition) is 1. The molecule has 1 saturated carbocycles. The third kappa shape index (κ3) is 3.20. The van der Waals surface area contributed by atoms with E-state index in [1.807, 2.05) is 20.8 Å². The highest BCUT2D eigenvalue weighted by Gasteiger charge is 2.49. The molecule has 112 valence electrons. The van der Waals surface area contributed by atoms with Crippen molar-refractivity contribution in [3.63, 3.8) is 0 Å². The molecule has 20 heavy (non-hydrogen) atoms. The van der Waals surface area contributed by atoms with Gasteiger partial charge in [0.25, 0.3) is 0 Å². The van der Waals surface area contributed by atoms with Crippen molar-refractivity contribution in [3.8, 4) is 5.88 Å². The maximum atomic E-state index is 5.73. The Morgan fingerprint density at radius 2 is 2.20 bits per heavy atom. The molecule has 1 heterocycles. The second kappa shape index (κ2) is 5.95. The van der Waals surface area contributed by atoms with Crippen LogP contribution in [-0.2, 0) is 4.74 Å². The highest BCUT2D eigenvalue weighted by Crippen LogP contribution is 2.44. The summed E-state index contributed by atoms with van der Waals surface area (Å²) in [6.45, 7) is 11.2. The molecule has 2 rings (SSSR count). The van der Waals surface area contributed by atoms with Crippen LogP contribution in [0, 0.1) is 5.41 Å². The average Bonchev–Trinajstić information content (AvgIpc) is 2.37. The molecule has 0 radical (unpaired) electrons. The second-order valence-corrected chi connectivity index (χ2v) is 6.08. The van der Waals surface area contributed by atoms with Gasteiger partial charge in [0.05, 0.1) is 12.2 Å². The van der Waals surface area contributed by atoms with Crippen molar-refractivity contribution in [1.29, 1.82) is 0 Å². The summed E-state index contributed by atoms with van der Waals surface area (Å²) < 4.78 is 11.3. The van der Waals surface area contributed by atoms with E-state index in [2.05, 4.69) is 29.1 Å². The van der Waals surface area contributed by atoms with Gasteiger partial charge in [-0.1, -0.05) is 13.8 Å². The minimum Gasteiger partial charge on any atom is -0.475 e. The number of hydrogen-bond acceptors (Lipinski definition) is 5. The molecule has 5 heteroatoms. The molecule has 2 atom stereocenters. The molecule has 1 fully saturated rings. The molecule has 5 nitrogen and oxygen atoms in total. The van der Waals surface area contributed by atoms with E-state index in [9.17, 15) is 0 Å². The molecule has 0 aromatic carbocycles. The highest BCUT2D eigenvalue weighted by atomic mass is 16.5. The maximum absolute atomic E-state index is 5.73. The Bertz CT molecular complexity index is 448. The summed E-state index contributed by atoms with van der Waals surface area (Å²) in [6, 6.07) is 2.11. The average molecular weight is 279 g/mol. The Morgan fingerprint density at radius 1 is 1.45 bits per heavy atom. The van der Waals surface area contributed by atoms with Gasteiger partial charge in [-0.15, -0.1) is 0 Å². The summed E-state index contributed by atoms with van der Waals surface area (Å²) >= 11 is 0. The fourth-order valence-electron chi connectivity index (χ4n) is 2.49. The lowest BCUT2D eigenvalue weighted by atomic mass is 9.64. The van der Waals surface area contributed by atoms with Gasteiger partial charge in [-0.2, -0.15) is 4.98 Å². The maximum Gasteiger partial charge on any atom is 0.226 e. The van der Waals surface area contributed by atoms with Crippen LogP contribution < -0.4 is 10.1 Å². The molecular weight excluding hydrogens is 254 g/mol. The Morgan fingerprint density at radius 3 is 2.80 bits per heavy atom. The smallest absolute Gasteiger partial charge is 0.226 e. The first kappa shape index (κ1) is 15.0. The van der Waals surface area contributed by atoms with Gasteiger partial charge in [0.15, 0.2) is 0 Å². The highest BCUT2D eigenvalue weighted by molar-refractivity contribution is 5.32. The van der Waals surface area contributed by atoms with Crippen LogP contribution in [0.5, 0.6) is 5.88 Å². The van der Waals surface area contributed by atoms with Gasteiger partial charge in [0.2, 0.25) is 11.8 Å². The first-order valence-electron chi connectivity index (χ1n) is 7.31. The lowest BCUT2D eigenvalue weighted by Crippen LogP contribution is -2.58. The SMILES string of the molecule is CCOC1CC(Nc2nccc(OC(C)C)n2)C1(C)C. The molecule has 0 amide bonds. The molecule has 0 aliphatic heterocycles. The van der Waals surface area contributed by atoms with Crippen molar-refractivity contribution in [2.24, 2.45) is 5.41 Å². The van der Waals surface area contributed by atoms with E-state index in [0.29, 0.717) is 24.0 Å². The zero-order chi connectivity index (χ0) is 14.8. The van der Waals surface area contributed by atoms with Crippen molar-refractivity contribution in [3.05, 3.63) is 12.3 Å². The van der Waals surface area contributed by atoms with E-state index in [4.69, 9.17) is 9.47 Å². The molecule has 0 saturated heterocycles. The number of anilines is 1. The third-order valence-corrected chi connectivity index (χ3v) is 3.84. The van der Waals surface area contributed by atoms with Gasteiger partial charge in [0, 0.05) is 30.3 Å². The van der Waals surface area contributed by atoms with Crippen molar-refractivity contribution >= 4 is 5.95 Å². The topological polar surface area (TPSA) is 56.3 Å². The van der Waals surface area contributed by atoms with Crippen LogP contribution in [-0.4, -0.2) is 34.8 Å². The van der Waals surface area contributed by atoms with Crippen LogP contribution in [0.15, 0.2) is 12.3 Å². The van der Waals surface area contributed by atoms with E-state index >= 15 is 0 Å². The molecular formula is C15H25N3O2. The zero-order valence-corrected chi connectivity index (χ0v) is 13.0. The normalized spacial score (nSPS) is 24.3. The first-order chi connectivity index (χ1) is 9.43. The van der Waals surface area contributed by atoms with Crippen molar-refractivity contribution in [1.82, 2.24) is 9.97 Å². The van der Waals surface area contributed by atoms with Gasteiger partial charge in [-0.05, 0) is 27.2 Å². The molecule has 0 bridgehead atoms. The quantitative estimate of drug-likeness (QED) is 0.867. The summed E-state index contributed by atoms with van der Waals surface area (Å²) in [6.07, 6.45) is 3.12. The Balaban J connectivity index is 1.97. The lowest BCUT2D eigenvalue weighted by Gasteiger charge is -2.51. The zero-order valence-electron chi connectivity index (χ0n) is 13.0. The van der Waals surface area contributed by atoms with E-state index in [0.717, 1.165) is 13.0 Å². The molecule has 2 unspecified atom stereocenters. The fraction of sp³-hybridized carbons (Fsp3) is 0.733. The van der Waals surface area contributed by atoms with Gasteiger partial charge < -0.3 is 14.8 Å². The second-order valence-electron chi connectivity index (χ2n) is 6.08. The van der Waals surface area contributed by atoms with Crippen LogP contribution in [0.4, 0.5) is 5.95 Å². The number of rotatable bonds is 6. The van der Waals surface area contributed by atoms with Crippen LogP contribution in [0.2, 0.25) is 0 Å².